The van der Waals surface area contributed by atoms with Crippen LogP contribution in [-0.4, -0.2) is 58.2 Å². The monoisotopic (exact) mass is 357 g/mol. The molecule has 0 atom stereocenters. The van der Waals surface area contributed by atoms with E-state index in [9.17, 15) is 9.59 Å². The second kappa shape index (κ2) is 7.99. The number of anilines is 1. The largest absolute Gasteiger partial charge is 0.465 e. The van der Waals surface area contributed by atoms with E-state index in [1.165, 1.54) is 0 Å². The molecule has 0 radical (unpaired) electrons. The van der Waals surface area contributed by atoms with Gasteiger partial charge in [0.1, 0.15) is 12.4 Å². The summed E-state index contributed by atoms with van der Waals surface area (Å²) in [7, 11) is 0. The summed E-state index contributed by atoms with van der Waals surface area (Å²) in [6.07, 6.45) is 3.35. The quantitative estimate of drug-likeness (QED) is 0.814. The number of benzene rings is 1. The number of primary amides is 1. The molecule has 1 saturated heterocycles. The number of piperidine rings is 1. The van der Waals surface area contributed by atoms with Crippen LogP contribution in [0.4, 0.5) is 10.6 Å². The lowest BCUT2D eigenvalue weighted by Crippen LogP contribution is -2.40. The fourth-order valence-electron chi connectivity index (χ4n) is 3.32. The maximum atomic E-state index is 11.1. The van der Waals surface area contributed by atoms with Gasteiger partial charge in [0, 0.05) is 19.6 Å². The third-order valence-electron chi connectivity index (χ3n) is 4.80. The Hall–Kier alpha value is -2.90. The lowest BCUT2D eigenvalue weighted by Gasteiger charge is -2.33. The van der Waals surface area contributed by atoms with Crippen LogP contribution in [0, 0.1) is 5.92 Å². The molecule has 0 saturated carbocycles. The van der Waals surface area contributed by atoms with Gasteiger partial charge in [-0.1, -0.05) is 12.1 Å². The van der Waals surface area contributed by atoms with Crippen LogP contribution in [0.1, 0.15) is 19.3 Å². The second-order valence-electron chi connectivity index (χ2n) is 6.61. The topological polar surface area (TPSA) is 113 Å². The summed E-state index contributed by atoms with van der Waals surface area (Å²) in [6.45, 7) is 1.81. The number of fused-ring (bicyclic) bond motifs is 1. The minimum absolute atomic E-state index is 0.249. The smallest absolute Gasteiger partial charge is 0.407 e. The normalized spacial score (nSPS) is 15.2. The first-order valence-corrected chi connectivity index (χ1v) is 8.76. The van der Waals surface area contributed by atoms with Crippen LogP contribution in [-0.2, 0) is 4.79 Å². The van der Waals surface area contributed by atoms with Crippen LogP contribution < -0.4 is 10.6 Å². The van der Waals surface area contributed by atoms with Gasteiger partial charge in [-0.3, -0.25) is 14.7 Å². The molecule has 2 aromatic rings. The van der Waals surface area contributed by atoms with Crippen LogP contribution >= 0.6 is 0 Å². The number of hydrogen-bond acceptors (Lipinski definition) is 5. The van der Waals surface area contributed by atoms with Crippen molar-refractivity contribution in [2.24, 2.45) is 11.7 Å². The van der Waals surface area contributed by atoms with Gasteiger partial charge in [0.25, 0.3) is 0 Å². The van der Waals surface area contributed by atoms with Crippen molar-refractivity contribution in [3.8, 4) is 0 Å². The number of para-hydroxylation sites is 2. The maximum absolute atomic E-state index is 11.1. The summed E-state index contributed by atoms with van der Waals surface area (Å²) < 4.78 is 0. The zero-order valence-corrected chi connectivity index (χ0v) is 14.5. The first kappa shape index (κ1) is 17.9. The van der Waals surface area contributed by atoms with Gasteiger partial charge >= 0.3 is 6.09 Å². The van der Waals surface area contributed by atoms with Gasteiger partial charge in [-0.05, 0) is 37.3 Å². The molecule has 8 nitrogen and oxygen atoms in total. The number of hydrogen-bond donors (Lipinski definition) is 2. The summed E-state index contributed by atoms with van der Waals surface area (Å²) in [5.41, 5.74) is 6.87. The third kappa shape index (κ3) is 4.38. The molecule has 1 aromatic carbocycles. The molecule has 2 heterocycles. The highest BCUT2D eigenvalue weighted by Gasteiger charge is 2.22. The number of nitrogens with two attached hydrogens (primary N) is 1. The predicted molar refractivity (Wildman–Crippen MR) is 97.9 cm³/mol. The van der Waals surface area contributed by atoms with Gasteiger partial charge in [0.2, 0.25) is 5.91 Å². The molecule has 1 aromatic heterocycles. The Kier molecular flexibility index (Phi) is 5.50. The van der Waals surface area contributed by atoms with Crippen LogP contribution in [0.3, 0.4) is 0 Å². The van der Waals surface area contributed by atoms with E-state index >= 15 is 0 Å². The fraction of sp³-hybridized carbons (Fsp3) is 0.444. The molecule has 1 aliphatic rings. The number of rotatable bonds is 6. The van der Waals surface area contributed by atoms with Crippen LogP contribution in [0.25, 0.3) is 11.0 Å². The average molecular weight is 357 g/mol. The number of carbonyl (C=O) groups is 2. The SMILES string of the molecule is NC(=O)CN(CCC1CCN(c2cnc3ccccc3n2)CC1)C(=O)O. The molecule has 1 fully saturated rings. The minimum atomic E-state index is -1.10. The van der Waals surface area contributed by atoms with Crippen molar-refractivity contribution in [3.63, 3.8) is 0 Å². The van der Waals surface area contributed by atoms with Crippen molar-refractivity contribution in [1.29, 1.82) is 0 Å². The number of carboxylic acid groups (broad SMARTS) is 1. The van der Waals surface area contributed by atoms with Gasteiger partial charge in [-0.2, -0.15) is 0 Å². The van der Waals surface area contributed by atoms with Crippen molar-refractivity contribution >= 4 is 28.9 Å². The van der Waals surface area contributed by atoms with E-state index in [1.54, 1.807) is 0 Å². The van der Waals surface area contributed by atoms with Gasteiger partial charge in [0.15, 0.2) is 0 Å². The Morgan fingerprint density at radius 2 is 1.92 bits per heavy atom. The zero-order chi connectivity index (χ0) is 18.5. The zero-order valence-electron chi connectivity index (χ0n) is 14.5. The van der Waals surface area contributed by atoms with E-state index < -0.39 is 12.0 Å². The van der Waals surface area contributed by atoms with Gasteiger partial charge in [-0.25, -0.2) is 9.78 Å². The molecule has 8 heteroatoms. The molecule has 2 amide bonds. The molecule has 3 N–H and O–H groups in total. The molecule has 26 heavy (non-hydrogen) atoms. The molecule has 0 spiro atoms. The Bertz CT molecular complexity index is 789. The molecular weight excluding hydrogens is 334 g/mol. The molecule has 0 unspecified atom stereocenters. The van der Waals surface area contributed by atoms with E-state index in [1.807, 2.05) is 30.5 Å². The van der Waals surface area contributed by atoms with Crippen LogP contribution in [0.15, 0.2) is 30.5 Å². The lowest BCUT2D eigenvalue weighted by atomic mass is 9.93. The number of nitrogens with zero attached hydrogens (tertiary/aromatic N) is 4. The molecule has 1 aliphatic heterocycles. The average Bonchev–Trinajstić information content (AvgIpc) is 2.64. The Labute approximate surface area is 151 Å². The van der Waals surface area contributed by atoms with Gasteiger partial charge in [0.05, 0.1) is 17.2 Å². The molecule has 138 valence electrons. The standard InChI is InChI=1S/C18H23N5O3/c19-16(24)12-23(18(25)26)10-7-13-5-8-22(9-6-13)17-11-20-14-3-1-2-4-15(14)21-17/h1-4,11,13H,5-10,12H2,(H2,19,24)(H,25,26). The molecular formula is C18H23N5O3. The van der Waals surface area contributed by atoms with Crippen LogP contribution in [0.5, 0.6) is 0 Å². The van der Waals surface area contributed by atoms with Gasteiger partial charge < -0.3 is 15.7 Å². The summed E-state index contributed by atoms with van der Waals surface area (Å²) in [4.78, 5) is 34.5. The second-order valence-corrected chi connectivity index (χ2v) is 6.61. The van der Waals surface area contributed by atoms with E-state index in [0.717, 1.165) is 54.1 Å². The van der Waals surface area contributed by atoms with Crippen molar-refractivity contribution < 1.29 is 14.7 Å². The lowest BCUT2D eigenvalue weighted by molar-refractivity contribution is -0.118. The highest BCUT2D eigenvalue weighted by atomic mass is 16.4. The van der Waals surface area contributed by atoms with Crippen molar-refractivity contribution in [2.75, 3.05) is 31.1 Å². The summed E-state index contributed by atoms with van der Waals surface area (Å²) in [5.74, 6) is 0.675. The molecule has 0 aliphatic carbocycles. The van der Waals surface area contributed by atoms with E-state index in [4.69, 9.17) is 10.8 Å². The summed E-state index contributed by atoms with van der Waals surface area (Å²) >= 11 is 0. The van der Waals surface area contributed by atoms with E-state index in [2.05, 4.69) is 14.9 Å². The third-order valence-corrected chi connectivity index (χ3v) is 4.80. The number of carbonyl (C=O) groups excluding carboxylic acids is 1. The first-order valence-electron chi connectivity index (χ1n) is 8.76. The van der Waals surface area contributed by atoms with Gasteiger partial charge in [-0.15, -0.1) is 0 Å². The fourth-order valence-corrected chi connectivity index (χ4v) is 3.32. The highest BCUT2D eigenvalue weighted by Crippen LogP contribution is 2.25. The molecule has 3 rings (SSSR count). The Morgan fingerprint density at radius 3 is 2.58 bits per heavy atom. The van der Waals surface area contributed by atoms with E-state index in [-0.39, 0.29) is 6.54 Å². The van der Waals surface area contributed by atoms with Crippen molar-refractivity contribution in [2.45, 2.75) is 19.3 Å². The number of aromatic nitrogens is 2. The van der Waals surface area contributed by atoms with Crippen molar-refractivity contribution in [3.05, 3.63) is 30.5 Å². The minimum Gasteiger partial charge on any atom is -0.465 e. The number of amides is 2. The van der Waals surface area contributed by atoms with Crippen molar-refractivity contribution in [1.82, 2.24) is 14.9 Å². The maximum Gasteiger partial charge on any atom is 0.407 e. The molecule has 0 bridgehead atoms. The Morgan fingerprint density at radius 1 is 1.23 bits per heavy atom. The summed E-state index contributed by atoms with van der Waals surface area (Å²) in [6, 6.07) is 7.80. The van der Waals surface area contributed by atoms with Crippen LogP contribution in [0.2, 0.25) is 0 Å². The Balaban J connectivity index is 1.53. The predicted octanol–water partition coefficient (Wildman–Crippen LogP) is 1.70. The highest BCUT2D eigenvalue weighted by molar-refractivity contribution is 5.80. The van der Waals surface area contributed by atoms with E-state index in [0.29, 0.717) is 12.5 Å². The summed E-state index contributed by atoms with van der Waals surface area (Å²) in [5, 5.41) is 9.12. The first-order chi connectivity index (χ1) is 12.5.